The Bertz CT molecular complexity index is 972. The summed E-state index contributed by atoms with van der Waals surface area (Å²) >= 11 is 0. The highest BCUT2D eigenvalue weighted by atomic mass is 31.2. The van der Waals surface area contributed by atoms with Gasteiger partial charge in [0.05, 0.1) is 19.3 Å². The van der Waals surface area contributed by atoms with E-state index >= 15 is 0 Å². The van der Waals surface area contributed by atoms with Gasteiger partial charge in [-0.25, -0.2) is 4.57 Å². The van der Waals surface area contributed by atoms with Crippen LogP contribution in [0.3, 0.4) is 0 Å². The minimum Gasteiger partial charge on any atom is -0.462 e. The predicted octanol–water partition coefficient (Wildman–Crippen LogP) is 10.4. The van der Waals surface area contributed by atoms with Crippen molar-refractivity contribution in [1.29, 1.82) is 0 Å². The number of hydrogen-bond donors (Lipinski definition) is 3. The number of hydrogen-bond acceptors (Lipinski definition) is 9. The first-order valence-corrected chi connectivity index (χ1v) is 22.1. The molecule has 0 heterocycles. The number of unbranched alkanes of at least 4 members (excludes halogenated alkanes) is 18. The Morgan fingerprint density at radius 2 is 1.23 bits per heavy atom. The number of rotatable bonds is 38. The maximum atomic E-state index is 12.5. The quantitative estimate of drug-likeness (QED) is 0.0182. The summed E-state index contributed by atoms with van der Waals surface area (Å²) in [6.45, 7) is 3.57. The third-order valence-corrected chi connectivity index (χ3v) is 9.62. The highest BCUT2D eigenvalue weighted by molar-refractivity contribution is 7.47. The molecule has 0 aromatic rings. The fraction of sp³-hybridized carbons (Fsp3) is 0.805. The van der Waals surface area contributed by atoms with Crippen molar-refractivity contribution in [3.05, 3.63) is 36.5 Å². The molecule has 11 heteroatoms. The molecule has 0 fully saturated rings. The molecule has 52 heavy (non-hydrogen) atoms. The third kappa shape index (κ3) is 36.5. The number of aliphatic hydroxyl groups is 1. The van der Waals surface area contributed by atoms with Gasteiger partial charge in [-0.2, -0.15) is 0 Å². The highest BCUT2D eigenvalue weighted by Crippen LogP contribution is 2.43. The molecule has 0 aliphatic heterocycles. The summed E-state index contributed by atoms with van der Waals surface area (Å²) in [5.41, 5.74) is 5.33. The molecule has 0 aromatic heterocycles. The molecular formula is C41H76NO9P. The Labute approximate surface area is 317 Å². The lowest BCUT2D eigenvalue weighted by Gasteiger charge is -2.19. The van der Waals surface area contributed by atoms with E-state index in [9.17, 15) is 24.2 Å². The molecule has 304 valence electrons. The van der Waals surface area contributed by atoms with Crippen molar-refractivity contribution in [1.82, 2.24) is 0 Å². The summed E-state index contributed by atoms with van der Waals surface area (Å²) < 4.78 is 32.6. The van der Waals surface area contributed by atoms with Crippen molar-refractivity contribution in [2.24, 2.45) is 5.73 Å². The van der Waals surface area contributed by atoms with Crippen molar-refractivity contribution < 1.29 is 42.7 Å². The first-order valence-electron chi connectivity index (χ1n) is 20.6. The third-order valence-electron chi connectivity index (χ3n) is 8.63. The molecule has 3 unspecified atom stereocenters. The van der Waals surface area contributed by atoms with Crippen molar-refractivity contribution in [3.8, 4) is 0 Å². The van der Waals surface area contributed by atoms with Crippen LogP contribution >= 0.6 is 7.82 Å². The van der Waals surface area contributed by atoms with Crippen LogP contribution < -0.4 is 5.73 Å². The van der Waals surface area contributed by atoms with E-state index in [1.807, 2.05) is 36.5 Å². The Kier molecular flexibility index (Phi) is 36.2. The van der Waals surface area contributed by atoms with Crippen molar-refractivity contribution in [2.75, 3.05) is 26.4 Å². The van der Waals surface area contributed by atoms with E-state index in [4.69, 9.17) is 24.3 Å². The van der Waals surface area contributed by atoms with E-state index in [1.165, 1.54) is 96.3 Å². The van der Waals surface area contributed by atoms with Crippen LogP contribution in [-0.4, -0.2) is 60.5 Å². The Hall–Kier alpha value is -1.81. The van der Waals surface area contributed by atoms with Crippen LogP contribution in [0, 0.1) is 0 Å². The Morgan fingerprint density at radius 3 is 1.83 bits per heavy atom. The molecule has 0 radical (unpaired) electrons. The van der Waals surface area contributed by atoms with Gasteiger partial charge in [0.1, 0.15) is 6.61 Å². The van der Waals surface area contributed by atoms with Crippen molar-refractivity contribution in [3.63, 3.8) is 0 Å². The van der Waals surface area contributed by atoms with E-state index in [1.54, 1.807) is 0 Å². The first-order chi connectivity index (χ1) is 25.2. The topological polar surface area (TPSA) is 155 Å². The van der Waals surface area contributed by atoms with E-state index in [0.717, 1.165) is 38.5 Å². The fourth-order valence-electron chi connectivity index (χ4n) is 5.53. The number of aliphatic hydroxyl groups excluding tert-OH is 1. The minimum atomic E-state index is -4.40. The highest BCUT2D eigenvalue weighted by Gasteiger charge is 2.25. The Morgan fingerprint density at radius 1 is 0.673 bits per heavy atom. The molecule has 0 amide bonds. The summed E-state index contributed by atoms with van der Waals surface area (Å²) in [5.74, 6) is -0.926. The van der Waals surface area contributed by atoms with Gasteiger partial charge in [0.15, 0.2) is 6.10 Å². The molecule has 10 nitrogen and oxygen atoms in total. The fourth-order valence-corrected chi connectivity index (χ4v) is 6.29. The smallest absolute Gasteiger partial charge is 0.462 e. The van der Waals surface area contributed by atoms with Crippen LogP contribution in [0.5, 0.6) is 0 Å². The molecule has 0 aliphatic carbocycles. The number of ether oxygens (including phenoxy) is 2. The van der Waals surface area contributed by atoms with Gasteiger partial charge in [-0.15, -0.1) is 0 Å². The van der Waals surface area contributed by atoms with Gasteiger partial charge < -0.3 is 25.2 Å². The summed E-state index contributed by atoms with van der Waals surface area (Å²) in [5, 5.41) is 10.1. The standard InChI is InChI=1S/C41H76NO9P/c1-3-5-7-9-11-12-13-14-15-16-20-24-28-32-40(44)48-36-39(37-50-52(46,47)49-35-34-42)51-41(45)33-29-25-21-18-17-19-23-27-31-38(43)30-26-22-10-8-6-4-2/h18-19,21,23,27,31,38-39,43H,3-17,20,22,24-26,28-30,32-37,42H2,1-2H3,(H,46,47)/b21-18-,23-19-,31-27-. The number of nitrogens with two attached hydrogens (primary N) is 1. The van der Waals surface area contributed by atoms with Gasteiger partial charge >= 0.3 is 19.8 Å². The van der Waals surface area contributed by atoms with Crippen LogP contribution in [0.25, 0.3) is 0 Å². The number of phosphoric ester groups is 1. The number of carbonyl (C=O) groups is 2. The number of carbonyl (C=O) groups excluding carboxylic acids is 2. The number of allylic oxidation sites excluding steroid dienone is 5. The maximum absolute atomic E-state index is 12.5. The lowest BCUT2D eigenvalue weighted by molar-refractivity contribution is -0.161. The van der Waals surface area contributed by atoms with E-state index < -0.39 is 38.6 Å². The second kappa shape index (κ2) is 37.5. The zero-order valence-electron chi connectivity index (χ0n) is 32.9. The van der Waals surface area contributed by atoms with E-state index in [-0.39, 0.29) is 32.6 Å². The van der Waals surface area contributed by atoms with Crippen LogP contribution in [0.4, 0.5) is 0 Å². The van der Waals surface area contributed by atoms with Crippen LogP contribution in [0.2, 0.25) is 0 Å². The molecule has 0 saturated heterocycles. The second-order valence-electron chi connectivity index (χ2n) is 13.7. The monoisotopic (exact) mass is 758 g/mol. The molecule has 3 atom stereocenters. The summed E-state index contributed by atoms with van der Waals surface area (Å²) in [7, 11) is -4.40. The first kappa shape index (κ1) is 50.2. The lowest BCUT2D eigenvalue weighted by atomic mass is 10.0. The summed E-state index contributed by atoms with van der Waals surface area (Å²) in [6.07, 6.45) is 36.3. The zero-order chi connectivity index (χ0) is 38.4. The van der Waals surface area contributed by atoms with Gasteiger partial charge in [0.2, 0.25) is 0 Å². The normalized spacial score (nSPS) is 14.3. The van der Waals surface area contributed by atoms with Gasteiger partial charge in [0.25, 0.3) is 0 Å². The van der Waals surface area contributed by atoms with Crippen molar-refractivity contribution >= 4 is 19.8 Å². The molecular weight excluding hydrogens is 681 g/mol. The van der Waals surface area contributed by atoms with E-state index in [0.29, 0.717) is 12.8 Å². The zero-order valence-corrected chi connectivity index (χ0v) is 33.8. The molecule has 0 spiro atoms. The van der Waals surface area contributed by atoms with Crippen LogP contribution in [0.1, 0.15) is 174 Å². The van der Waals surface area contributed by atoms with Gasteiger partial charge in [-0.1, -0.05) is 166 Å². The second-order valence-corrected chi connectivity index (χ2v) is 15.2. The SMILES string of the molecule is CCCCCCCCCCCCCCCC(=O)OCC(COP(=O)(O)OCCN)OC(=O)CCC/C=C\C/C=C\C=C/C(O)CCCCCCCC. The molecule has 0 saturated carbocycles. The maximum Gasteiger partial charge on any atom is 0.472 e. The Balaban J connectivity index is 4.34. The van der Waals surface area contributed by atoms with Gasteiger partial charge in [-0.3, -0.25) is 18.6 Å². The average Bonchev–Trinajstić information content (AvgIpc) is 3.12. The molecule has 0 rings (SSSR count). The van der Waals surface area contributed by atoms with Crippen molar-refractivity contribution in [2.45, 2.75) is 187 Å². The molecule has 0 aromatic carbocycles. The predicted molar refractivity (Wildman–Crippen MR) is 212 cm³/mol. The number of esters is 2. The molecule has 0 bridgehead atoms. The van der Waals surface area contributed by atoms with Crippen LogP contribution in [-0.2, 0) is 32.7 Å². The van der Waals surface area contributed by atoms with Gasteiger partial charge in [-0.05, 0) is 32.1 Å². The molecule has 4 N–H and O–H groups in total. The number of phosphoric acid groups is 1. The molecule has 0 aliphatic rings. The largest absolute Gasteiger partial charge is 0.472 e. The summed E-state index contributed by atoms with van der Waals surface area (Å²) in [6, 6.07) is 0. The van der Waals surface area contributed by atoms with Crippen LogP contribution in [0.15, 0.2) is 36.5 Å². The lowest BCUT2D eigenvalue weighted by Crippen LogP contribution is -2.29. The average molecular weight is 758 g/mol. The summed E-state index contributed by atoms with van der Waals surface area (Å²) in [4.78, 5) is 34.7. The minimum absolute atomic E-state index is 0.0361. The van der Waals surface area contributed by atoms with E-state index in [2.05, 4.69) is 13.8 Å². The van der Waals surface area contributed by atoms with Gasteiger partial charge in [0, 0.05) is 19.4 Å².